The molecule has 2 rings (SSSR count). The molecule has 0 radical (unpaired) electrons. The number of amides is 2. The molecular weight excluding hydrogens is 335 g/mol. The minimum atomic E-state index is -5.10. The average Bonchev–Trinajstić information content (AvgIpc) is 2.77. The van der Waals surface area contributed by atoms with Gasteiger partial charge in [-0.3, -0.25) is 5.10 Å². The summed E-state index contributed by atoms with van der Waals surface area (Å²) < 4.78 is 66.8. The van der Waals surface area contributed by atoms with Gasteiger partial charge in [0.25, 0.3) is 0 Å². The van der Waals surface area contributed by atoms with Crippen molar-refractivity contribution in [3.63, 3.8) is 0 Å². The van der Waals surface area contributed by atoms with Crippen LogP contribution in [0.2, 0.25) is 0 Å². The summed E-state index contributed by atoms with van der Waals surface area (Å²) in [5.41, 5.74) is -0.324. The molecule has 1 atom stereocenters. The molecule has 0 aliphatic heterocycles. The lowest BCUT2D eigenvalue weighted by Crippen LogP contribution is -2.41. The van der Waals surface area contributed by atoms with Crippen LogP contribution >= 0.6 is 0 Å². The highest BCUT2D eigenvalue weighted by Gasteiger charge is 2.45. The molecule has 3 N–H and O–H groups in total. The number of anilines is 1. The van der Waals surface area contributed by atoms with Crippen molar-refractivity contribution in [3.05, 3.63) is 46.8 Å². The highest BCUT2D eigenvalue weighted by atomic mass is 19.4. The van der Waals surface area contributed by atoms with Gasteiger partial charge < -0.3 is 10.6 Å². The molecule has 130 valence electrons. The summed E-state index contributed by atoms with van der Waals surface area (Å²) in [5.74, 6) is -2.82. The fourth-order valence-electron chi connectivity index (χ4n) is 2.12. The maximum absolute atomic E-state index is 13.7. The maximum Gasteiger partial charge on any atom is 0.413 e. The molecule has 1 aromatic heterocycles. The molecule has 1 aromatic carbocycles. The maximum atomic E-state index is 13.7. The second-order valence-electron chi connectivity index (χ2n) is 5.02. The molecule has 0 spiro atoms. The number of benzene rings is 1. The van der Waals surface area contributed by atoms with E-state index in [2.05, 4.69) is 15.5 Å². The van der Waals surface area contributed by atoms with Gasteiger partial charge >= 0.3 is 12.2 Å². The van der Waals surface area contributed by atoms with Gasteiger partial charge in [-0.25, -0.2) is 13.6 Å². The van der Waals surface area contributed by atoms with Gasteiger partial charge in [0.05, 0.1) is 22.6 Å². The molecule has 0 bridgehead atoms. The smallest absolute Gasteiger partial charge is 0.322 e. The summed E-state index contributed by atoms with van der Waals surface area (Å²) in [4.78, 5) is 11.9. The van der Waals surface area contributed by atoms with Crippen molar-refractivity contribution in [3.8, 4) is 0 Å². The minimum Gasteiger partial charge on any atom is -0.322 e. The normalized spacial score (nSPS) is 12.8. The zero-order valence-electron chi connectivity index (χ0n) is 12.6. The van der Waals surface area contributed by atoms with Gasteiger partial charge in [-0.1, -0.05) is 6.07 Å². The van der Waals surface area contributed by atoms with Crippen LogP contribution in [0.15, 0.2) is 18.2 Å². The van der Waals surface area contributed by atoms with Crippen molar-refractivity contribution in [1.29, 1.82) is 0 Å². The molecule has 0 fully saturated rings. The molecule has 0 aliphatic carbocycles. The molecule has 0 aliphatic rings. The number of H-pyrrole nitrogens is 1. The first-order chi connectivity index (χ1) is 11.1. The quantitative estimate of drug-likeness (QED) is 0.740. The number of aromatic nitrogens is 2. The second-order valence-corrected chi connectivity index (χ2v) is 5.02. The SMILES string of the molecule is Cc1n[nH]c(C)c1NC(=O)NC(c1c(F)cccc1F)C(F)(F)F. The average molecular weight is 348 g/mol. The molecule has 24 heavy (non-hydrogen) atoms. The van der Waals surface area contributed by atoms with Gasteiger partial charge in [-0.2, -0.15) is 18.3 Å². The van der Waals surface area contributed by atoms with E-state index < -0.39 is 35.4 Å². The Bertz CT molecular complexity index is 716. The van der Waals surface area contributed by atoms with E-state index >= 15 is 0 Å². The van der Waals surface area contributed by atoms with Crippen LogP contribution in [0.3, 0.4) is 0 Å². The first-order valence-electron chi connectivity index (χ1n) is 6.71. The Morgan fingerprint density at radius 1 is 1.21 bits per heavy atom. The van der Waals surface area contributed by atoms with Crippen LogP contribution in [0, 0.1) is 25.5 Å². The third-order valence-electron chi connectivity index (χ3n) is 3.26. The fourth-order valence-corrected chi connectivity index (χ4v) is 2.12. The standard InChI is InChI=1S/C14H13F5N4O/c1-6-11(7(2)23-22-6)20-13(24)21-12(14(17,18)19)10-8(15)4-3-5-9(10)16/h3-5,12H,1-2H3,(H,22,23)(H2,20,21,24). The van der Waals surface area contributed by atoms with Crippen LogP contribution in [0.25, 0.3) is 0 Å². The number of aryl methyl sites for hydroxylation is 2. The summed E-state index contributed by atoms with van der Waals surface area (Å²) in [6.45, 7) is 3.07. The first-order valence-corrected chi connectivity index (χ1v) is 6.71. The largest absolute Gasteiger partial charge is 0.413 e. The van der Waals surface area contributed by atoms with Crippen molar-refractivity contribution < 1.29 is 26.7 Å². The summed E-state index contributed by atoms with van der Waals surface area (Å²) >= 11 is 0. The van der Waals surface area contributed by atoms with Crippen molar-refractivity contribution in [2.75, 3.05) is 5.32 Å². The van der Waals surface area contributed by atoms with Crippen molar-refractivity contribution in [1.82, 2.24) is 15.5 Å². The van der Waals surface area contributed by atoms with E-state index in [1.165, 1.54) is 6.92 Å². The summed E-state index contributed by atoms with van der Waals surface area (Å²) in [6.07, 6.45) is -5.10. The zero-order valence-corrected chi connectivity index (χ0v) is 12.6. The third-order valence-corrected chi connectivity index (χ3v) is 3.26. The van der Waals surface area contributed by atoms with E-state index in [-0.39, 0.29) is 5.69 Å². The summed E-state index contributed by atoms with van der Waals surface area (Å²) in [5, 5.41) is 10.0. The monoisotopic (exact) mass is 348 g/mol. The second kappa shape index (κ2) is 6.46. The van der Waals surface area contributed by atoms with Crippen molar-refractivity contribution >= 4 is 11.7 Å². The Morgan fingerprint density at radius 2 is 1.79 bits per heavy atom. The van der Waals surface area contributed by atoms with Gasteiger partial charge in [0.2, 0.25) is 0 Å². The number of hydrogen-bond acceptors (Lipinski definition) is 2. The van der Waals surface area contributed by atoms with Crippen LogP contribution in [-0.2, 0) is 0 Å². The Morgan fingerprint density at radius 3 is 2.25 bits per heavy atom. The topological polar surface area (TPSA) is 69.8 Å². The Labute approximate surface area is 133 Å². The molecule has 2 amide bonds. The minimum absolute atomic E-state index is 0.183. The van der Waals surface area contributed by atoms with Gasteiger partial charge in [0.1, 0.15) is 11.6 Å². The number of hydrogen-bond donors (Lipinski definition) is 3. The van der Waals surface area contributed by atoms with Crippen LogP contribution in [-0.4, -0.2) is 22.4 Å². The number of carbonyl (C=O) groups is 1. The van der Waals surface area contributed by atoms with Crippen molar-refractivity contribution in [2.45, 2.75) is 26.1 Å². The Kier molecular flexibility index (Phi) is 4.76. The molecule has 5 nitrogen and oxygen atoms in total. The fraction of sp³-hybridized carbons (Fsp3) is 0.286. The van der Waals surface area contributed by atoms with E-state index in [4.69, 9.17) is 0 Å². The van der Waals surface area contributed by atoms with Gasteiger partial charge in [-0.15, -0.1) is 0 Å². The molecule has 2 aromatic rings. The van der Waals surface area contributed by atoms with Gasteiger partial charge in [0, 0.05) is 0 Å². The molecule has 0 saturated carbocycles. The lowest BCUT2D eigenvalue weighted by Gasteiger charge is -2.23. The summed E-state index contributed by atoms with van der Waals surface area (Å²) in [6, 6.07) is -1.82. The molecular formula is C14H13F5N4O. The molecule has 10 heteroatoms. The van der Waals surface area contributed by atoms with E-state index in [1.54, 1.807) is 12.2 Å². The van der Waals surface area contributed by atoms with Crippen LogP contribution in [0.4, 0.5) is 32.4 Å². The van der Waals surface area contributed by atoms with E-state index in [0.29, 0.717) is 23.5 Å². The summed E-state index contributed by atoms with van der Waals surface area (Å²) in [7, 11) is 0. The number of aromatic amines is 1. The predicted molar refractivity (Wildman–Crippen MR) is 75.4 cm³/mol. The van der Waals surface area contributed by atoms with Gasteiger partial charge in [-0.05, 0) is 26.0 Å². The van der Waals surface area contributed by atoms with Crippen molar-refractivity contribution in [2.24, 2.45) is 0 Å². The molecule has 0 saturated heterocycles. The Hall–Kier alpha value is -2.65. The highest BCUT2D eigenvalue weighted by molar-refractivity contribution is 5.90. The number of nitrogens with zero attached hydrogens (tertiary/aromatic N) is 1. The highest BCUT2D eigenvalue weighted by Crippen LogP contribution is 2.35. The third kappa shape index (κ3) is 3.63. The van der Waals surface area contributed by atoms with Crippen LogP contribution in [0.5, 0.6) is 0 Å². The molecule has 1 heterocycles. The van der Waals surface area contributed by atoms with Gasteiger partial charge in [0.15, 0.2) is 6.04 Å². The number of carbonyl (C=O) groups excluding carboxylic acids is 1. The van der Waals surface area contributed by atoms with Crippen LogP contribution < -0.4 is 10.6 Å². The van der Waals surface area contributed by atoms with E-state index in [0.717, 1.165) is 6.07 Å². The Balaban J connectivity index is 2.29. The lowest BCUT2D eigenvalue weighted by atomic mass is 10.1. The number of alkyl halides is 3. The number of rotatable bonds is 3. The number of urea groups is 1. The molecule has 1 unspecified atom stereocenters. The first kappa shape index (κ1) is 17.7. The number of halogens is 5. The number of nitrogens with one attached hydrogen (secondary N) is 3. The van der Waals surface area contributed by atoms with Crippen LogP contribution in [0.1, 0.15) is 23.0 Å². The zero-order chi connectivity index (χ0) is 18.1. The lowest BCUT2D eigenvalue weighted by molar-refractivity contribution is -0.155. The van der Waals surface area contributed by atoms with E-state index in [9.17, 15) is 26.7 Å². The van der Waals surface area contributed by atoms with E-state index in [1.807, 2.05) is 0 Å². The predicted octanol–water partition coefficient (Wildman–Crippen LogP) is 3.73.